The standard InChI is InChI=1S/C11H7FN4O2/c12-7-4-9(8(14)3-6(7)11(17)18)16-2-1-15-10(16)5-13/h1-4H,14H2,(H,17,18). The number of aromatic carboxylic acids is 1. The normalized spacial score (nSPS) is 10.0. The Labute approximate surface area is 101 Å². The summed E-state index contributed by atoms with van der Waals surface area (Å²) < 4.78 is 14.8. The van der Waals surface area contributed by atoms with Crippen molar-refractivity contribution in [2.24, 2.45) is 0 Å². The van der Waals surface area contributed by atoms with Crippen molar-refractivity contribution in [1.29, 1.82) is 5.26 Å². The number of hydrogen-bond acceptors (Lipinski definition) is 4. The van der Waals surface area contributed by atoms with Gasteiger partial charge in [0, 0.05) is 18.5 Å². The molecule has 1 aromatic heterocycles. The van der Waals surface area contributed by atoms with Gasteiger partial charge in [0.15, 0.2) is 0 Å². The summed E-state index contributed by atoms with van der Waals surface area (Å²) in [5.41, 5.74) is 5.35. The van der Waals surface area contributed by atoms with Gasteiger partial charge in [0.05, 0.1) is 16.9 Å². The average molecular weight is 246 g/mol. The lowest BCUT2D eigenvalue weighted by molar-refractivity contribution is 0.0692. The molecule has 1 aromatic carbocycles. The summed E-state index contributed by atoms with van der Waals surface area (Å²) in [5, 5.41) is 17.6. The summed E-state index contributed by atoms with van der Waals surface area (Å²) in [4.78, 5) is 14.5. The molecule has 0 radical (unpaired) electrons. The predicted octanol–water partition coefficient (Wildman–Crippen LogP) is 1.16. The third-order valence-corrected chi connectivity index (χ3v) is 2.35. The van der Waals surface area contributed by atoms with Crippen LogP contribution in [0.25, 0.3) is 5.69 Å². The zero-order valence-corrected chi connectivity index (χ0v) is 8.96. The van der Waals surface area contributed by atoms with E-state index in [1.54, 1.807) is 0 Å². The SMILES string of the molecule is N#Cc1nccn1-c1cc(F)c(C(=O)O)cc1N. The van der Waals surface area contributed by atoms with Gasteiger partial charge in [0.1, 0.15) is 11.9 Å². The van der Waals surface area contributed by atoms with Crippen LogP contribution >= 0.6 is 0 Å². The van der Waals surface area contributed by atoms with Gasteiger partial charge in [-0.2, -0.15) is 5.26 Å². The van der Waals surface area contributed by atoms with Gasteiger partial charge in [-0.1, -0.05) is 0 Å². The monoisotopic (exact) mass is 246 g/mol. The molecule has 0 aliphatic carbocycles. The molecule has 7 heteroatoms. The van der Waals surface area contributed by atoms with Crippen molar-refractivity contribution in [1.82, 2.24) is 9.55 Å². The fourth-order valence-electron chi connectivity index (χ4n) is 1.53. The van der Waals surface area contributed by atoms with Crippen molar-refractivity contribution in [3.05, 3.63) is 41.7 Å². The highest BCUT2D eigenvalue weighted by Crippen LogP contribution is 2.23. The van der Waals surface area contributed by atoms with Crippen LogP contribution in [-0.2, 0) is 0 Å². The lowest BCUT2D eigenvalue weighted by atomic mass is 10.1. The summed E-state index contributed by atoms with van der Waals surface area (Å²) in [5.74, 6) is -2.30. The molecular formula is C11H7FN4O2. The maximum absolute atomic E-state index is 13.6. The van der Waals surface area contributed by atoms with Crippen LogP contribution in [0.3, 0.4) is 0 Å². The van der Waals surface area contributed by atoms with E-state index in [-0.39, 0.29) is 17.2 Å². The number of nitriles is 1. The number of anilines is 1. The van der Waals surface area contributed by atoms with Gasteiger partial charge in [0.25, 0.3) is 0 Å². The molecule has 2 rings (SSSR count). The number of nitrogens with zero attached hydrogens (tertiary/aromatic N) is 3. The Morgan fingerprint density at radius 3 is 2.89 bits per heavy atom. The van der Waals surface area contributed by atoms with E-state index >= 15 is 0 Å². The number of carboxylic acid groups (broad SMARTS) is 1. The van der Waals surface area contributed by atoms with Gasteiger partial charge in [-0.05, 0) is 6.07 Å². The second kappa shape index (κ2) is 4.18. The first-order chi connectivity index (χ1) is 8.54. The zero-order chi connectivity index (χ0) is 13.3. The fraction of sp³-hybridized carbons (Fsp3) is 0. The Hall–Kier alpha value is -2.88. The quantitative estimate of drug-likeness (QED) is 0.773. The van der Waals surface area contributed by atoms with E-state index < -0.39 is 17.3 Å². The number of rotatable bonds is 2. The van der Waals surface area contributed by atoms with Crippen LogP contribution < -0.4 is 5.73 Å². The highest BCUT2D eigenvalue weighted by molar-refractivity contribution is 5.90. The fourth-order valence-corrected chi connectivity index (χ4v) is 1.53. The predicted molar refractivity (Wildman–Crippen MR) is 59.6 cm³/mol. The summed E-state index contributed by atoms with van der Waals surface area (Å²) in [6.45, 7) is 0. The number of nitrogens with two attached hydrogens (primary N) is 1. The molecule has 90 valence electrons. The molecule has 18 heavy (non-hydrogen) atoms. The number of nitrogen functional groups attached to an aromatic ring is 1. The van der Waals surface area contributed by atoms with Crippen molar-refractivity contribution < 1.29 is 14.3 Å². The van der Waals surface area contributed by atoms with Crippen LogP contribution in [0.15, 0.2) is 24.5 Å². The maximum Gasteiger partial charge on any atom is 0.338 e. The second-order valence-electron chi connectivity index (χ2n) is 3.43. The molecule has 0 fully saturated rings. The molecule has 0 aliphatic heterocycles. The third kappa shape index (κ3) is 1.76. The Balaban J connectivity index is 2.65. The minimum atomic E-state index is -1.41. The number of halogens is 1. The first kappa shape index (κ1) is 11.6. The van der Waals surface area contributed by atoms with Crippen LogP contribution in [-0.4, -0.2) is 20.6 Å². The second-order valence-corrected chi connectivity index (χ2v) is 3.43. The topological polar surface area (TPSA) is 105 Å². The Bertz CT molecular complexity index is 672. The van der Waals surface area contributed by atoms with Gasteiger partial charge >= 0.3 is 5.97 Å². The first-order valence-corrected chi connectivity index (χ1v) is 4.80. The van der Waals surface area contributed by atoms with Crippen molar-refractivity contribution in [3.8, 4) is 11.8 Å². The molecule has 0 aliphatic rings. The van der Waals surface area contributed by atoms with E-state index in [4.69, 9.17) is 16.1 Å². The molecule has 0 bridgehead atoms. The van der Waals surface area contributed by atoms with Crippen molar-refractivity contribution in [2.75, 3.05) is 5.73 Å². The molecule has 0 atom stereocenters. The molecule has 0 unspecified atom stereocenters. The van der Waals surface area contributed by atoms with E-state index in [0.29, 0.717) is 0 Å². The number of hydrogen-bond donors (Lipinski definition) is 2. The van der Waals surface area contributed by atoms with Gasteiger partial charge < -0.3 is 10.8 Å². The number of benzene rings is 1. The van der Waals surface area contributed by atoms with Crippen molar-refractivity contribution in [3.63, 3.8) is 0 Å². The Morgan fingerprint density at radius 2 is 2.28 bits per heavy atom. The highest BCUT2D eigenvalue weighted by Gasteiger charge is 2.16. The highest BCUT2D eigenvalue weighted by atomic mass is 19.1. The molecule has 0 saturated carbocycles. The van der Waals surface area contributed by atoms with Gasteiger partial charge in [-0.3, -0.25) is 4.57 Å². The molecule has 3 N–H and O–H groups in total. The molecule has 0 spiro atoms. The van der Waals surface area contributed by atoms with Crippen molar-refractivity contribution in [2.45, 2.75) is 0 Å². The Kier molecular flexibility index (Phi) is 2.69. The Morgan fingerprint density at radius 1 is 1.56 bits per heavy atom. The van der Waals surface area contributed by atoms with E-state index in [0.717, 1.165) is 12.1 Å². The molecule has 2 aromatic rings. The molecule has 0 saturated heterocycles. The molecule has 0 amide bonds. The van der Waals surface area contributed by atoms with Gasteiger partial charge in [0.2, 0.25) is 5.82 Å². The summed E-state index contributed by atoms with van der Waals surface area (Å²) >= 11 is 0. The minimum absolute atomic E-state index is 0.0316. The summed E-state index contributed by atoms with van der Waals surface area (Å²) in [6, 6.07) is 3.78. The zero-order valence-electron chi connectivity index (χ0n) is 8.96. The van der Waals surface area contributed by atoms with Crippen LogP contribution in [0.1, 0.15) is 16.2 Å². The minimum Gasteiger partial charge on any atom is -0.478 e. The molecular weight excluding hydrogens is 239 g/mol. The maximum atomic E-state index is 13.6. The first-order valence-electron chi connectivity index (χ1n) is 4.80. The summed E-state index contributed by atoms with van der Waals surface area (Å²) in [7, 11) is 0. The number of carboxylic acids is 1. The van der Waals surface area contributed by atoms with Crippen LogP contribution in [0, 0.1) is 17.1 Å². The lowest BCUT2D eigenvalue weighted by Gasteiger charge is -2.09. The lowest BCUT2D eigenvalue weighted by Crippen LogP contribution is -2.07. The van der Waals surface area contributed by atoms with Gasteiger partial charge in [-0.15, -0.1) is 0 Å². The van der Waals surface area contributed by atoms with Crippen LogP contribution in [0.5, 0.6) is 0 Å². The van der Waals surface area contributed by atoms with E-state index in [1.165, 1.54) is 17.0 Å². The third-order valence-electron chi connectivity index (χ3n) is 2.35. The number of carbonyl (C=O) groups is 1. The number of aromatic nitrogens is 2. The van der Waals surface area contributed by atoms with Crippen molar-refractivity contribution >= 4 is 11.7 Å². The molecule has 1 heterocycles. The number of imidazole rings is 1. The molecule has 6 nitrogen and oxygen atoms in total. The largest absolute Gasteiger partial charge is 0.478 e. The van der Waals surface area contributed by atoms with E-state index in [9.17, 15) is 9.18 Å². The van der Waals surface area contributed by atoms with Crippen LogP contribution in [0.4, 0.5) is 10.1 Å². The van der Waals surface area contributed by atoms with E-state index in [2.05, 4.69) is 4.98 Å². The van der Waals surface area contributed by atoms with Gasteiger partial charge in [-0.25, -0.2) is 14.2 Å². The average Bonchev–Trinajstić information content (AvgIpc) is 2.79. The smallest absolute Gasteiger partial charge is 0.338 e. The van der Waals surface area contributed by atoms with E-state index in [1.807, 2.05) is 6.07 Å². The van der Waals surface area contributed by atoms with Crippen LogP contribution in [0.2, 0.25) is 0 Å². The summed E-state index contributed by atoms with van der Waals surface area (Å²) in [6.07, 6.45) is 2.80.